The number of hydrogen-bond donors (Lipinski definition) is 0. The van der Waals surface area contributed by atoms with Crippen LogP contribution in [-0.2, 0) is 4.79 Å². The zero-order valence-corrected chi connectivity index (χ0v) is 12.7. The summed E-state index contributed by atoms with van der Waals surface area (Å²) in [6.07, 6.45) is 4.69. The van der Waals surface area contributed by atoms with Crippen molar-refractivity contribution < 1.29 is 4.79 Å². The Kier molecular flexibility index (Phi) is 3.36. The van der Waals surface area contributed by atoms with E-state index in [1.165, 1.54) is 25.9 Å². The largest absolute Gasteiger partial charge is 0.342 e. The molecule has 19 heavy (non-hydrogen) atoms. The molecule has 0 aromatic heterocycles. The summed E-state index contributed by atoms with van der Waals surface area (Å²) in [5.41, 5.74) is 0.0255. The van der Waals surface area contributed by atoms with Crippen molar-refractivity contribution in [2.45, 2.75) is 52.5 Å². The molecule has 0 radical (unpaired) electrons. The molecule has 3 heteroatoms. The molecule has 0 bridgehead atoms. The van der Waals surface area contributed by atoms with Crippen LogP contribution in [0, 0.1) is 17.3 Å². The summed E-state index contributed by atoms with van der Waals surface area (Å²) >= 11 is 0. The van der Waals surface area contributed by atoms with Gasteiger partial charge in [-0.05, 0) is 51.4 Å². The van der Waals surface area contributed by atoms with Crippen LogP contribution < -0.4 is 0 Å². The van der Waals surface area contributed by atoms with E-state index in [2.05, 4.69) is 30.6 Å². The van der Waals surface area contributed by atoms with Crippen molar-refractivity contribution in [3.8, 4) is 0 Å². The molecular formula is C16H28N2O. The van der Waals surface area contributed by atoms with Gasteiger partial charge in [-0.15, -0.1) is 0 Å². The topological polar surface area (TPSA) is 23.6 Å². The van der Waals surface area contributed by atoms with Gasteiger partial charge in [-0.1, -0.05) is 6.92 Å². The summed E-state index contributed by atoms with van der Waals surface area (Å²) in [6, 6.07) is 0.702. The Morgan fingerprint density at radius 2 is 1.68 bits per heavy atom. The molecule has 2 heterocycles. The zero-order valence-electron chi connectivity index (χ0n) is 12.7. The van der Waals surface area contributed by atoms with Crippen LogP contribution >= 0.6 is 0 Å². The third-order valence-corrected chi connectivity index (χ3v) is 5.68. The minimum Gasteiger partial charge on any atom is -0.342 e. The molecule has 0 unspecified atom stereocenters. The number of rotatable bonds is 3. The number of likely N-dealkylation sites (tertiary alicyclic amines) is 2. The van der Waals surface area contributed by atoms with Crippen molar-refractivity contribution in [2.24, 2.45) is 17.3 Å². The van der Waals surface area contributed by atoms with E-state index >= 15 is 0 Å². The molecule has 3 aliphatic rings. The highest BCUT2D eigenvalue weighted by molar-refractivity contribution is 5.84. The molecule has 2 aliphatic heterocycles. The van der Waals surface area contributed by atoms with E-state index in [1.54, 1.807) is 0 Å². The van der Waals surface area contributed by atoms with Crippen LogP contribution in [0.25, 0.3) is 0 Å². The number of piperidine rings is 1. The average Bonchev–Trinajstić information content (AvgIpc) is 3.06. The van der Waals surface area contributed by atoms with Crippen LogP contribution in [0.4, 0.5) is 0 Å². The van der Waals surface area contributed by atoms with Crippen LogP contribution in [0.5, 0.6) is 0 Å². The minimum absolute atomic E-state index is 0.0255. The molecule has 1 saturated carbocycles. The number of carbonyl (C=O) groups is 1. The molecule has 0 spiro atoms. The molecule has 1 amide bonds. The van der Waals surface area contributed by atoms with Gasteiger partial charge in [-0.25, -0.2) is 0 Å². The monoisotopic (exact) mass is 264 g/mol. The van der Waals surface area contributed by atoms with Gasteiger partial charge in [-0.3, -0.25) is 4.79 Å². The van der Waals surface area contributed by atoms with Crippen molar-refractivity contribution in [2.75, 3.05) is 26.2 Å². The standard InChI is InChI=1S/C16H28N2O/c1-12(2)18-10-14(11-18)13-4-8-17(9-5-13)15(19)16(3)6-7-16/h12-14H,4-11H2,1-3H3. The Morgan fingerprint density at radius 1 is 1.11 bits per heavy atom. The highest BCUT2D eigenvalue weighted by atomic mass is 16.2. The van der Waals surface area contributed by atoms with Crippen molar-refractivity contribution in [3.63, 3.8) is 0 Å². The molecule has 2 saturated heterocycles. The second-order valence-electron chi connectivity index (χ2n) is 7.50. The summed E-state index contributed by atoms with van der Waals surface area (Å²) in [5.74, 6) is 2.20. The Morgan fingerprint density at radius 3 is 2.16 bits per heavy atom. The smallest absolute Gasteiger partial charge is 0.228 e. The first-order valence-electron chi connectivity index (χ1n) is 8.03. The molecule has 0 aromatic carbocycles. The van der Waals surface area contributed by atoms with Crippen molar-refractivity contribution in [1.29, 1.82) is 0 Å². The number of nitrogens with zero attached hydrogens (tertiary/aromatic N) is 2. The molecule has 0 atom stereocenters. The van der Waals surface area contributed by atoms with Gasteiger partial charge in [0.2, 0.25) is 5.91 Å². The fourth-order valence-electron chi connectivity index (χ4n) is 3.63. The van der Waals surface area contributed by atoms with E-state index in [0.717, 1.165) is 37.8 Å². The molecule has 108 valence electrons. The van der Waals surface area contributed by atoms with Crippen LogP contribution in [0.1, 0.15) is 46.5 Å². The highest BCUT2D eigenvalue weighted by Crippen LogP contribution is 2.47. The third-order valence-electron chi connectivity index (χ3n) is 5.68. The normalized spacial score (nSPS) is 28.5. The maximum absolute atomic E-state index is 12.3. The Labute approximate surface area is 117 Å². The zero-order chi connectivity index (χ0) is 13.6. The summed E-state index contributed by atoms with van der Waals surface area (Å²) in [5, 5.41) is 0. The van der Waals surface area contributed by atoms with E-state index in [0.29, 0.717) is 11.9 Å². The summed E-state index contributed by atoms with van der Waals surface area (Å²) in [7, 11) is 0. The van der Waals surface area contributed by atoms with E-state index < -0.39 is 0 Å². The average molecular weight is 264 g/mol. The second-order valence-corrected chi connectivity index (χ2v) is 7.50. The van der Waals surface area contributed by atoms with Crippen molar-refractivity contribution in [3.05, 3.63) is 0 Å². The first-order chi connectivity index (χ1) is 8.99. The Hall–Kier alpha value is -0.570. The van der Waals surface area contributed by atoms with Gasteiger partial charge in [0.15, 0.2) is 0 Å². The van der Waals surface area contributed by atoms with Crippen LogP contribution in [-0.4, -0.2) is 47.9 Å². The molecule has 0 aromatic rings. The lowest BCUT2D eigenvalue weighted by Crippen LogP contribution is -2.55. The van der Waals surface area contributed by atoms with Gasteiger partial charge >= 0.3 is 0 Å². The quantitative estimate of drug-likeness (QED) is 0.781. The lowest BCUT2D eigenvalue weighted by molar-refractivity contribution is -0.138. The number of hydrogen-bond acceptors (Lipinski definition) is 2. The minimum atomic E-state index is 0.0255. The first kappa shape index (κ1) is 13.4. The molecule has 3 nitrogen and oxygen atoms in total. The SMILES string of the molecule is CC(C)N1CC(C2CCN(C(=O)C3(C)CC3)CC2)C1. The number of carbonyl (C=O) groups excluding carboxylic acids is 1. The Bertz CT molecular complexity index is 348. The van der Waals surface area contributed by atoms with Gasteiger partial charge in [0.25, 0.3) is 0 Å². The van der Waals surface area contributed by atoms with Gasteiger partial charge in [0.1, 0.15) is 0 Å². The summed E-state index contributed by atoms with van der Waals surface area (Å²) in [6.45, 7) is 11.3. The van der Waals surface area contributed by atoms with E-state index in [9.17, 15) is 4.79 Å². The van der Waals surface area contributed by atoms with Gasteiger partial charge < -0.3 is 9.80 Å². The first-order valence-corrected chi connectivity index (χ1v) is 8.03. The van der Waals surface area contributed by atoms with E-state index in [1.807, 2.05) is 0 Å². The molecule has 0 N–H and O–H groups in total. The van der Waals surface area contributed by atoms with Crippen molar-refractivity contribution >= 4 is 5.91 Å². The van der Waals surface area contributed by atoms with Crippen molar-refractivity contribution in [1.82, 2.24) is 9.80 Å². The maximum Gasteiger partial charge on any atom is 0.228 e. The maximum atomic E-state index is 12.3. The van der Waals surface area contributed by atoms with Crippen LogP contribution in [0.3, 0.4) is 0 Å². The fourth-order valence-corrected chi connectivity index (χ4v) is 3.63. The van der Waals surface area contributed by atoms with Gasteiger partial charge in [-0.2, -0.15) is 0 Å². The predicted octanol–water partition coefficient (Wildman–Crippen LogP) is 2.37. The fraction of sp³-hybridized carbons (Fsp3) is 0.938. The molecular weight excluding hydrogens is 236 g/mol. The van der Waals surface area contributed by atoms with E-state index in [-0.39, 0.29) is 5.41 Å². The molecule has 1 aliphatic carbocycles. The number of amides is 1. The second kappa shape index (κ2) is 4.76. The lowest BCUT2D eigenvalue weighted by atomic mass is 9.79. The van der Waals surface area contributed by atoms with Gasteiger partial charge in [0, 0.05) is 37.6 Å². The molecule has 3 rings (SSSR count). The lowest BCUT2D eigenvalue weighted by Gasteiger charge is -2.48. The summed E-state index contributed by atoms with van der Waals surface area (Å²) in [4.78, 5) is 17.0. The molecule has 3 fully saturated rings. The van der Waals surface area contributed by atoms with Crippen LogP contribution in [0.15, 0.2) is 0 Å². The van der Waals surface area contributed by atoms with Crippen LogP contribution in [0.2, 0.25) is 0 Å². The van der Waals surface area contributed by atoms with Gasteiger partial charge in [0.05, 0.1) is 0 Å². The Balaban J connectivity index is 1.44. The third kappa shape index (κ3) is 2.54. The van der Waals surface area contributed by atoms with E-state index in [4.69, 9.17) is 0 Å². The highest BCUT2D eigenvalue weighted by Gasteiger charge is 2.48. The summed E-state index contributed by atoms with van der Waals surface area (Å²) < 4.78 is 0. The predicted molar refractivity (Wildman–Crippen MR) is 76.8 cm³/mol.